The number of nitrogen functional groups attached to an aromatic ring is 1. The van der Waals surface area contributed by atoms with Crippen LogP contribution in [0.2, 0.25) is 0 Å². The Balaban J connectivity index is 0.000000159. The molecular formula is C50H62N10O10S2. The molecule has 0 fully saturated rings. The van der Waals surface area contributed by atoms with Gasteiger partial charge in [-0.15, -0.1) is 0 Å². The molecule has 72 heavy (non-hydrogen) atoms. The lowest BCUT2D eigenvalue weighted by Gasteiger charge is -2.28. The van der Waals surface area contributed by atoms with Crippen molar-refractivity contribution in [3.63, 3.8) is 0 Å². The summed E-state index contributed by atoms with van der Waals surface area (Å²) < 4.78 is 51.8. The van der Waals surface area contributed by atoms with Crippen molar-refractivity contribution < 1.29 is 45.6 Å². The SMILES string of the molecule is CCN(C)C(=O)CC1CNC(=O)c2cc3cc(CS(C)(=O)=O)ccc3n21.CCN(C)C(=O)CC1CNC(=O)c2cc3cc(N)ccc3n21.CNC(=O)CC1CNC(=O)c2cc3cc(CS(C)(=O)=O)ccc3n21. The van der Waals surface area contributed by atoms with Crippen LogP contribution in [-0.2, 0) is 45.6 Å². The van der Waals surface area contributed by atoms with E-state index in [9.17, 15) is 45.6 Å². The zero-order valence-corrected chi connectivity index (χ0v) is 43.1. The Bertz CT molecular complexity index is 3360. The summed E-state index contributed by atoms with van der Waals surface area (Å²) in [6.07, 6.45) is 3.31. The topological polar surface area (TPSA) is 266 Å². The highest BCUT2D eigenvalue weighted by Crippen LogP contribution is 2.33. The van der Waals surface area contributed by atoms with Gasteiger partial charge >= 0.3 is 0 Å². The number of anilines is 1. The number of nitrogens with zero attached hydrogens (tertiary/aromatic N) is 5. The van der Waals surface area contributed by atoms with Crippen molar-refractivity contribution in [2.24, 2.45) is 0 Å². The van der Waals surface area contributed by atoms with E-state index in [-0.39, 0.29) is 71.5 Å². The molecule has 6 heterocycles. The van der Waals surface area contributed by atoms with Gasteiger partial charge in [-0.05, 0) is 85.6 Å². The molecule has 20 nitrogen and oxygen atoms in total. The molecule has 3 aromatic carbocycles. The van der Waals surface area contributed by atoms with E-state index in [0.29, 0.717) is 79.5 Å². The Morgan fingerprint density at radius 2 is 0.931 bits per heavy atom. The number of amides is 6. The lowest BCUT2D eigenvalue weighted by Crippen LogP contribution is -2.41. The van der Waals surface area contributed by atoms with Gasteiger partial charge in [-0.2, -0.15) is 0 Å². The van der Waals surface area contributed by atoms with E-state index in [2.05, 4.69) is 21.3 Å². The summed E-state index contributed by atoms with van der Waals surface area (Å²) in [7, 11) is -1.13. The number of rotatable bonds is 12. The molecule has 3 aliphatic heterocycles. The number of carbonyl (C=O) groups is 6. The van der Waals surface area contributed by atoms with Crippen LogP contribution in [0.15, 0.2) is 72.8 Å². The second-order valence-electron chi connectivity index (χ2n) is 18.6. The summed E-state index contributed by atoms with van der Waals surface area (Å²) in [5.74, 6) is -0.569. The molecule has 9 rings (SSSR count). The molecule has 3 aliphatic rings. The highest BCUT2D eigenvalue weighted by Gasteiger charge is 2.32. The van der Waals surface area contributed by atoms with Crippen LogP contribution in [0, 0.1) is 0 Å². The smallest absolute Gasteiger partial charge is 0.268 e. The average Bonchev–Trinajstić information content (AvgIpc) is 4.03. The van der Waals surface area contributed by atoms with Crippen LogP contribution in [0.1, 0.15) is 93.8 Å². The first kappa shape index (κ1) is 52.6. The van der Waals surface area contributed by atoms with Crippen LogP contribution < -0.4 is 27.0 Å². The van der Waals surface area contributed by atoms with E-state index in [1.165, 1.54) is 12.5 Å². The molecule has 384 valence electrons. The van der Waals surface area contributed by atoms with Crippen molar-refractivity contribution >= 4 is 93.5 Å². The number of nitrogens with two attached hydrogens (primary N) is 1. The number of nitrogens with one attached hydrogen (secondary N) is 4. The molecule has 3 atom stereocenters. The number of carbonyl (C=O) groups excluding carboxylic acids is 6. The average molecular weight is 1030 g/mol. The zero-order valence-electron chi connectivity index (χ0n) is 41.4. The number of hydrogen-bond donors (Lipinski definition) is 5. The van der Waals surface area contributed by atoms with Gasteiger partial charge in [0.1, 0.15) is 17.1 Å². The summed E-state index contributed by atoms with van der Waals surface area (Å²) in [6, 6.07) is 21.3. The predicted octanol–water partition coefficient (Wildman–Crippen LogP) is 3.32. The molecule has 22 heteroatoms. The third-order valence-electron chi connectivity index (χ3n) is 13.1. The van der Waals surface area contributed by atoms with Crippen molar-refractivity contribution in [2.45, 2.75) is 62.7 Å². The quantitative estimate of drug-likeness (QED) is 0.111. The van der Waals surface area contributed by atoms with E-state index < -0.39 is 19.7 Å². The minimum atomic E-state index is -3.13. The summed E-state index contributed by atoms with van der Waals surface area (Å²) >= 11 is 0. The molecular weight excluding hydrogens is 965 g/mol. The molecule has 0 spiro atoms. The molecule has 0 bridgehead atoms. The standard InChI is InChI=1S/C18H23N3O4S.C16H20N4O2.C16H19N3O4S/c1-4-20(2)17(22)9-14-10-19-18(23)16-8-13-7-12(11-26(3,24)25)5-6-15(13)21(14)16;1-3-19(2)15(21)8-12-9-18-16(22)14-7-10-6-11(17)4-5-13(10)20(12)14;1-17-15(20)7-12-8-18-16(21)14-6-11-5-10(9-24(2,22)23)3-4-13(11)19(12)14/h5-8,14H,4,9-11H2,1-3H3,(H,19,23);4-7,12H,3,8-9,17H2,1-2H3,(H,18,22);3-6,12H,7-9H2,1-2H3,(H,17,20)(H,18,21). The lowest BCUT2D eigenvalue weighted by molar-refractivity contribution is -0.131. The minimum Gasteiger partial charge on any atom is -0.399 e. The summed E-state index contributed by atoms with van der Waals surface area (Å²) in [6.45, 7) is 6.40. The molecule has 0 aliphatic carbocycles. The van der Waals surface area contributed by atoms with Crippen LogP contribution in [0.25, 0.3) is 32.7 Å². The van der Waals surface area contributed by atoms with Crippen molar-refractivity contribution in [1.29, 1.82) is 0 Å². The van der Waals surface area contributed by atoms with Crippen LogP contribution in [0.3, 0.4) is 0 Å². The summed E-state index contributed by atoms with van der Waals surface area (Å²) in [4.78, 5) is 76.2. The van der Waals surface area contributed by atoms with E-state index in [1.807, 2.05) is 63.9 Å². The Labute approximate surface area is 418 Å². The van der Waals surface area contributed by atoms with Crippen molar-refractivity contribution in [3.8, 4) is 0 Å². The van der Waals surface area contributed by atoms with Gasteiger partial charge in [0, 0.05) is 124 Å². The van der Waals surface area contributed by atoms with Gasteiger partial charge in [-0.1, -0.05) is 12.1 Å². The maximum absolute atomic E-state index is 12.3. The third-order valence-corrected chi connectivity index (χ3v) is 14.9. The molecule has 6 amide bonds. The van der Waals surface area contributed by atoms with E-state index in [0.717, 1.165) is 32.7 Å². The molecule has 6 aromatic rings. The largest absolute Gasteiger partial charge is 0.399 e. The van der Waals surface area contributed by atoms with Crippen molar-refractivity contribution in [2.75, 3.05) is 72.1 Å². The van der Waals surface area contributed by atoms with E-state index >= 15 is 0 Å². The Hall–Kier alpha value is -7.20. The van der Waals surface area contributed by atoms with E-state index in [1.54, 1.807) is 67.3 Å². The maximum atomic E-state index is 12.3. The van der Waals surface area contributed by atoms with Gasteiger partial charge in [0.15, 0.2) is 19.7 Å². The molecule has 0 saturated carbocycles. The van der Waals surface area contributed by atoms with Gasteiger partial charge in [-0.3, -0.25) is 28.8 Å². The van der Waals surface area contributed by atoms with Gasteiger partial charge in [0.2, 0.25) is 17.7 Å². The Kier molecular flexibility index (Phi) is 15.5. The van der Waals surface area contributed by atoms with Crippen molar-refractivity contribution in [1.82, 2.24) is 44.8 Å². The van der Waals surface area contributed by atoms with Gasteiger partial charge in [0.25, 0.3) is 17.7 Å². The first-order chi connectivity index (χ1) is 34.0. The fourth-order valence-corrected chi connectivity index (χ4v) is 10.9. The van der Waals surface area contributed by atoms with Crippen molar-refractivity contribution in [3.05, 3.63) is 101 Å². The third kappa shape index (κ3) is 11.8. The Morgan fingerprint density at radius 1 is 0.583 bits per heavy atom. The predicted molar refractivity (Wildman–Crippen MR) is 276 cm³/mol. The highest BCUT2D eigenvalue weighted by molar-refractivity contribution is 7.90. The fraction of sp³-hybridized carbons (Fsp3) is 0.400. The van der Waals surface area contributed by atoms with Gasteiger partial charge in [-0.25, -0.2) is 16.8 Å². The fourth-order valence-electron chi connectivity index (χ4n) is 9.37. The summed E-state index contributed by atoms with van der Waals surface area (Å²) in [5, 5.41) is 13.6. The number of benzene rings is 3. The van der Waals surface area contributed by atoms with E-state index in [4.69, 9.17) is 5.73 Å². The second kappa shape index (κ2) is 21.3. The number of fused-ring (bicyclic) bond motifs is 9. The lowest BCUT2D eigenvalue weighted by atomic mass is 10.1. The van der Waals surface area contributed by atoms with Crippen LogP contribution in [0.4, 0.5) is 5.69 Å². The monoisotopic (exact) mass is 1030 g/mol. The van der Waals surface area contributed by atoms with Crippen LogP contribution in [-0.4, -0.2) is 142 Å². The maximum Gasteiger partial charge on any atom is 0.268 e. The first-order valence-electron chi connectivity index (χ1n) is 23.6. The Morgan fingerprint density at radius 3 is 1.28 bits per heavy atom. The molecule has 0 radical (unpaired) electrons. The van der Waals surface area contributed by atoms with Gasteiger partial charge < -0.3 is 50.5 Å². The molecule has 3 aromatic heterocycles. The number of aromatic nitrogens is 3. The molecule has 0 saturated heterocycles. The number of sulfone groups is 2. The molecule has 6 N–H and O–H groups in total. The first-order valence-corrected chi connectivity index (χ1v) is 27.7. The summed E-state index contributed by atoms with van der Waals surface area (Å²) in [5.41, 5.74) is 12.0. The minimum absolute atomic E-state index is 0.0233. The van der Waals surface area contributed by atoms with Gasteiger partial charge in [0.05, 0.1) is 29.6 Å². The number of hydrogen-bond acceptors (Lipinski definition) is 11. The zero-order chi connectivity index (χ0) is 52.4. The second-order valence-corrected chi connectivity index (χ2v) is 22.9. The van der Waals surface area contributed by atoms with Crippen LogP contribution >= 0.6 is 0 Å². The molecule has 3 unspecified atom stereocenters. The normalized spacial score (nSPS) is 17.2. The highest BCUT2D eigenvalue weighted by atomic mass is 32.2. The van der Waals surface area contributed by atoms with Crippen LogP contribution in [0.5, 0.6) is 0 Å².